The lowest BCUT2D eigenvalue weighted by Crippen LogP contribution is -2.14. The number of carbonyl (C=O) groups excluding carboxylic acids is 1. The number of rotatable bonds is 7. The molecule has 29 heavy (non-hydrogen) atoms. The van der Waals surface area contributed by atoms with Crippen LogP contribution >= 0.6 is 136 Å². The second-order valence-electron chi connectivity index (χ2n) is 5.26. The Bertz CT molecular complexity index is 978. The molecule has 6 nitrogen and oxygen atoms in total. The first-order valence-electron chi connectivity index (χ1n) is 7.48. The Balaban J connectivity index is 2.66. The summed E-state index contributed by atoms with van der Waals surface area (Å²) in [6.07, 6.45) is 0. The Morgan fingerprint density at radius 1 is 0.793 bits per heavy atom. The quantitative estimate of drug-likeness (QED) is 0.271. The molecule has 0 heterocycles. The summed E-state index contributed by atoms with van der Waals surface area (Å²) in [4.78, 5) is 22.5. The molecule has 0 amide bonds. The molecule has 0 radical (unpaired) electrons. The predicted molar refractivity (Wildman–Crippen MR) is 159 cm³/mol. The molecule has 0 unspecified atom stereocenters. The maximum atomic E-state index is 11.5. The number of carbonyl (C=O) groups is 2. The second kappa shape index (κ2) is 12.0. The van der Waals surface area contributed by atoms with Crippen molar-refractivity contribution in [3.05, 3.63) is 33.6 Å². The minimum Gasteiger partial charge on any atom is -0.480 e. The van der Waals surface area contributed by atoms with Crippen LogP contribution in [0.2, 0.25) is 0 Å². The van der Waals surface area contributed by atoms with Crippen LogP contribution in [-0.4, -0.2) is 37.4 Å². The molecule has 0 saturated carbocycles. The smallest absolute Gasteiger partial charge is 0.343 e. The van der Waals surface area contributed by atoms with Gasteiger partial charge in [0.2, 0.25) is 0 Å². The first kappa shape index (κ1) is 26.6. The van der Waals surface area contributed by atoms with E-state index in [2.05, 4.69) is 140 Å². The number of ether oxygens (including phenoxy) is 3. The molecule has 2 aromatic rings. The number of halogens is 6. The number of hydrogen-bond donors (Lipinski definition) is 1. The van der Waals surface area contributed by atoms with E-state index >= 15 is 0 Å². The summed E-state index contributed by atoms with van der Waals surface area (Å²) in [5.74, 6) is -0.357. The van der Waals surface area contributed by atoms with Gasteiger partial charge in [-0.25, -0.2) is 9.59 Å². The van der Waals surface area contributed by atoms with Gasteiger partial charge in [-0.05, 0) is 148 Å². The molecule has 0 fully saturated rings. The van der Waals surface area contributed by atoms with E-state index in [1.54, 1.807) is 0 Å². The molecule has 0 aliphatic heterocycles. The fraction of sp³-hybridized carbons (Fsp3) is 0.176. The van der Waals surface area contributed by atoms with E-state index in [-0.39, 0.29) is 6.61 Å². The number of esters is 1. The van der Waals surface area contributed by atoms with E-state index in [4.69, 9.17) is 14.6 Å². The lowest BCUT2D eigenvalue weighted by molar-refractivity contribution is -0.143. The Kier molecular flexibility index (Phi) is 11.0. The number of carboxylic acids is 1. The van der Waals surface area contributed by atoms with Crippen molar-refractivity contribution in [2.24, 2.45) is 0 Å². The Labute approximate surface area is 248 Å². The van der Waals surface area contributed by atoms with Crippen molar-refractivity contribution in [3.8, 4) is 22.6 Å². The molecular weight excluding hydrogens is 1060 g/mol. The average Bonchev–Trinajstić information content (AvgIpc) is 2.62. The third kappa shape index (κ3) is 6.68. The van der Waals surface area contributed by atoms with Gasteiger partial charge in [0.05, 0.1) is 21.4 Å². The molecule has 0 saturated heterocycles. The molecule has 0 aliphatic rings. The van der Waals surface area contributed by atoms with Crippen molar-refractivity contribution >= 4 is 147 Å². The maximum Gasteiger partial charge on any atom is 0.343 e. The highest BCUT2D eigenvalue weighted by atomic mass is 127. The highest BCUT2D eigenvalue weighted by molar-refractivity contribution is 14.1. The van der Waals surface area contributed by atoms with Gasteiger partial charge in [0, 0.05) is 18.3 Å². The SMILES string of the molecule is COC(=O)COc1c(I)cc(I)c(-c2c(I)cc(I)c(OCC(=O)O)c2I)c1I. The normalized spacial score (nSPS) is 10.6. The molecule has 0 aromatic heterocycles. The number of carboxylic acid groups (broad SMARTS) is 1. The minimum atomic E-state index is -1.03. The first-order valence-corrected chi connectivity index (χ1v) is 13.9. The second-order valence-corrected chi connectivity index (χ2v) is 12.1. The number of aliphatic carboxylic acids is 1. The van der Waals surface area contributed by atoms with Gasteiger partial charge in [-0.15, -0.1) is 0 Å². The number of benzene rings is 2. The monoisotopic (exact) mass is 1070 g/mol. The fourth-order valence-corrected chi connectivity index (χ4v) is 10.6. The van der Waals surface area contributed by atoms with E-state index in [1.165, 1.54) is 7.11 Å². The summed E-state index contributed by atoms with van der Waals surface area (Å²) in [6.45, 7) is -0.600. The molecule has 1 N–H and O–H groups in total. The third-order valence-electron chi connectivity index (χ3n) is 3.41. The largest absolute Gasteiger partial charge is 0.480 e. The highest BCUT2D eigenvalue weighted by Gasteiger charge is 2.24. The summed E-state index contributed by atoms with van der Waals surface area (Å²) < 4.78 is 21.3. The summed E-state index contributed by atoms with van der Waals surface area (Å²) >= 11 is 13.2. The first-order chi connectivity index (χ1) is 13.6. The number of methoxy groups -OCH3 is 1. The standard InChI is InChI=1S/C17H10I6O6/c1-27-11(26)5-29-17-9(21)3-7(19)13(15(17)23)12-6(18)2-8(20)16(14(12)22)28-4-10(24)25/h2-3H,4-5H2,1H3,(H,24,25). The summed E-state index contributed by atoms with van der Waals surface area (Å²) in [5.41, 5.74) is 1.87. The van der Waals surface area contributed by atoms with Gasteiger partial charge >= 0.3 is 11.9 Å². The van der Waals surface area contributed by atoms with E-state index in [0.717, 1.165) is 32.5 Å². The van der Waals surface area contributed by atoms with Gasteiger partial charge in [0.15, 0.2) is 13.2 Å². The molecule has 2 aromatic carbocycles. The Hall–Kier alpha value is 1.36. The van der Waals surface area contributed by atoms with E-state index in [1.807, 2.05) is 12.1 Å². The van der Waals surface area contributed by atoms with Gasteiger partial charge in [-0.1, -0.05) is 0 Å². The van der Waals surface area contributed by atoms with Crippen molar-refractivity contribution in [1.82, 2.24) is 0 Å². The fourth-order valence-electron chi connectivity index (χ4n) is 2.19. The molecule has 0 spiro atoms. The van der Waals surface area contributed by atoms with Crippen LogP contribution in [0.15, 0.2) is 12.1 Å². The van der Waals surface area contributed by atoms with Crippen molar-refractivity contribution in [2.75, 3.05) is 20.3 Å². The van der Waals surface area contributed by atoms with Crippen LogP contribution in [-0.2, 0) is 14.3 Å². The third-order valence-corrected chi connectivity index (χ3v) is 8.77. The highest BCUT2D eigenvalue weighted by Crippen LogP contribution is 2.45. The molecule has 2 rings (SSSR count). The Morgan fingerprint density at radius 3 is 1.59 bits per heavy atom. The van der Waals surface area contributed by atoms with Crippen LogP contribution in [0.25, 0.3) is 11.1 Å². The predicted octanol–water partition coefficient (Wildman–Crippen LogP) is 6.00. The van der Waals surface area contributed by atoms with Gasteiger partial charge in [0.1, 0.15) is 11.5 Å². The lowest BCUT2D eigenvalue weighted by Gasteiger charge is -2.19. The van der Waals surface area contributed by atoms with Crippen molar-refractivity contribution < 1.29 is 28.9 Å². The number of hydrogen-bond acceptors (Lipinski definition) is 5. The van der Waals surface area contributed by atoms with Crippen molar-refractivity contribution in [2.45, 2.75) is 0 Å². The van der Waals surface area contributed by atoms with E-state index in [0.29, 0.717) is 11.5 Å². The molecule has 0 aliphatic carbocycles. The topological polar surface area (TPSA) is 82.1 Å². The van der Waals surface area contributed by atoms with Crippen LogP contribution in [0.4, 0.5) is 0 Å². The Morgan fingerprint density at radius 2 is 1.21 bits per heavy atom. The minimum absolute atomic E-state index is 0.184. The lowest BCUT2D eigenvalue weighted by atomic mass is 10.1. The van der Waals surface area contributed by atoms with Crippen LogP contribution in [0.3, 0.4) is 0 Å². The van der Waals surface area contributed by atoms with Crippen LogP contribution in [0, 0.1) is 21.4 Å². The average molecular weight is 1070 g/mol. The van der Waals surface area contributed by atoms with E-state index in [9.17, 15) is 9.59 Å². The van der Waals surface area contributed by atoms with Crippen LogP contribution in [0.5, 0.6) is 11.5 Å². The van der Waals surface area contributed by atoms with Gasteiger partial charge < -0.3 is 19.3 Å². The zero-order chi connectivity index (χ0) is 21.9. The van der Waals surface area contributed by atoms with Crippen LogP contribution < -0.4 is 9.47 Å². The van der Waals surface area contributed by atoms with Crippen molar-refractivity contribution in [3.63, 3.8) is 0 Å². The maximum absolute atomic E-state index is 11.5. The van der Waals surface area contributed by atoms with Gasteiger partial charge in [-0.3, -0.25) is 0 Å². The molecule has 0 atom stereocenters. The summed E-state index contributed by atoms with van der Waals surface area (Å²) in [6, 6.07) is 3.93. The van der Waals surface area contributed by atoms with Gasteiger partial charge in [0.25, 0.3) is 0 Å². The van der Waals surface area contributed by atoms with Gasteiger partial charge in [-0.2, -0.15) is 0 Å². The van der Waals surface area contributed by atoms with Crippen molar-refractivity contribution in [1.29, 1.82) is 0 Å². The zero-order valence-electron chi connectivity index (χ0n) is 14.3. The van der Waals surface area contributed by atoms with E-state index < -0.39 is 18.5 Å². The molecule has 156 valence electrons. The zero-order valence-corrected chi connectivity index (χ0v) is 27.3. The summed E-state index contributed by atoms with van der Waals surface area (Å²) in [5, 5.41) is 8.99. The molecular formula is C17H10I6O6. The molecule has 12 heteroatoms. The molecule has 0 bridgehead atoms. The summed E-state index contributed by atoms with van der Waals surface area (Å²) in [7, 11) is 1.32. The van der Waals surface area contributed by atoms with Crippen LogP contribution in [0.1, 0.15) is 0 Å².